The standard InChI is InChI=1S/C15H24FN3/c1-12-10-18(3)6-7-19(12)11-14-8-13(9-17-2)4-5-15(14)16/h4-5,8,12,17H,6-7,9-11H2,1-3H3. The zero-order chi connectivity index (χ0) is 13.8. The first kappa shape index (κ1) is 14.4. The Labute approximate surface area is 115 Å². The molecule has 1 heterocycles. The Morgan fingerprint density at radius 3 is 2.84 bits per heavy atom. The molecule has 0 aliphatic carbocycles. The van der Waals surface area contributed by atoms with E-state index in [0.29, 0.717) is 12.6 Å². The lowest BCUT2D eigenvalue weighted by Gasteiger charge is -2.38. The molecular formula is C15H24FN3. The maximum Gasteiger partial charge on any atom is 0.127 e. The van der Waals surface area contributed by atoms with Gasteiger partial charge in [-0.2, -0.15) is 0 Å². The minimum Gasteiger partial charge on any atom is -0.316 e. The number of rotatable bonds is 4. The Balaban J connectivity index is 2.07. The van der Waals surface area contributed by atoms with Crippen molar-refractivity contribution in [2.24, 2.45) is 0 Å². The summed E-state index contributed by atoms with van der Waals surface area (Å²) in [4.78, 5) is 4.69. The maximum absolute atomic E-state index is 13.9. The van der Waals surface area contributed by atoms with Gasteiger partial charge in [0.05, 0.1) is 0 Å². The van der Waals surface area contributed by atoms with Crippen molar-refractivity contribution in [1.29, 1.82) is 0 Å². The molecule has 1 aliphatic heterocycles. The van der Waals surface area contributed by atoms with Crippen molar-refractivity contribution in [1.82, 2.24) is 15.1 Å². The van der Waals surface area contributed by atoms with Crippen LogP contribution in [0.3, 0.4) is 0 Å². The molecule has 0 saturated carbocycles. The Bertz CT molecular complexity index is 422. The van der Waals surface area contributed by atoms with Gasteiger partial charge in [-0.05, 0) is 32.6 Å². The van der Waals surface area contributed by atoms with Gasteiger partial charge in [-0.1, -0.05) is 12.1 Å². The molecule has 0 bridgehead atoms. The fourth-order valence-electron chi connectivity index (χ4n) is 2.69. The van der Waals surface area contributed by atoms with E-state index >= 15 is 0 Å². The number of benzene rings is 1. The molecule has 1 saturated heterocycles. The Hall–Kier alpha value is -0.970. The highest BCUT2D eigenvalue weighted by atomic mass is 19.1. The largest absolute Gasteiger partial charge is 0.316 e. The molecule has 3 nitrogen and oxygen atoms in total. The molecule has 1 aromatic carbocycles. The van der Waals surface area contributed by atoms with Gasteiger partial charge in [-0.3, -0.25) is 4.90 Å². The molecule has 0 spiro atoms. The Morgan fingerprint density at radius 1 is 1.37 bits per heavy atom. The summed E-state index contributed by atoms with van der Waals surface area (Å²) in [5.74, 6) is -0.0917. The third-order valence-electron chi connectivity index (χ3n) is 3.83. The molecule has 1 fully saturated rings. The van der Waals surface area contributed by atoms with Gasteiger partial charge in [0.25, 0.3) is 0 Å². The monoisotopic (exact) mass is 265 g/mol. The highest BCUT2D eigenvalue weighted by molar-refractivity contribution is 5.25. The molecule has 1 aromatic rings. The van der Waals surface area contributed by atoms with Gasteiger partial charge in [-0.15, -0.1) is 0 Å². The zero-order valence-electron chi connectivity index (χ0n) is 12.1. The summed E-state index contributed by atoms with van der Waals surface area (Å²) in [6.45, 7) is 6.82. The molecule has 1 N–H and O–H groups in total. The van der Waals surface area contributed by atoms with Crippen LogP contribution in [0.4, 0.5) is 4.39 Å². The van der Waals surface area contributed by atoms with E-state index in [0.717, 1.165) is 37.3 Å². The summed E-state index contributed by atoms with van der Waals surface area (Å²) < 4.78 is 13.9. The Morgan fingerprint density at radius 2 is 2.16 bits per heavy atom. The minimum atomic E-state index is -0.0917. The van der Waals surface area contributed by atoms with Crippen molar-refractivity contribution in [3.63, 3.8) is 0 Å². The fraction of sp³-hybridized carbons (Fsp3) is 0.600. The van der Waals surface area contributed by atoms with Gasteiger partial charge in [0, 0.05) is 44.3 Å². The average molecular weight is 265 g/mol. The van der Waals surface area contributed by atoms with Crippen LogP contribution >= 0.6 is 0 Å². The molecule has 4 heteroatoms. The summed E-state index contributed by atoms with van der Waals surface area (Å²) in [6.07, 6.45) is 0. The van der Waals surface area contributed by atoms with Crippen LogP contribution in [0.1, 0.15) is 18.1 Å². The highest BCUT2D eigenvalue weighted by Gasteiger charge is 2.22. The van der Waals surface area contributed by atoms with Crippen molar-refractivity contribution in [2.75, 3.05) is 33.7 Å². The van der Waals surface area contributed by atoms with E-state index in [-0.39, 0.29) is 5.82 Å². The number of nitrogens with zero attached hydrogens (tertiary/aromatic N) is 2. The first-order valence-corrected chi connectivity index (χ1v) is 6.94. The first-order chi connectivity index (χ1) is 9.10. The lowest BCUT2D eigenvalue weighted by Crippen LogP contribution is -2.49. The predicted molar refractivity (Wildman–Crippen MR) is 76.5 cm³/mol. The first-order valence-electron chi connectivity index (χ1n) is 6.94. The lowest BCUT2D eigenvalue weighted by atomic mass is 10.1. The van der Waals surface area contributed by atoms with E-state index in [2.05, 4.69) is 29.1 Å². The Kier molecular flexibility index (Phi) is 4.91. The van der Waals surface area contributed by atoms with Gasteiger partial charge >= 0.3 is 0 Å². The normalized spacial score (nSPS) is 21.8. The van der Waals surface area contributed by atoms with Gasteiger partial charge < -0.3 is 10.2 Å². The van der Waals surface area contributed by atoms with Gasteiger partial charge in [0.2, 0.25) is 0 Å². The number of hydrogen-bond acceptors (Lipinski definition) is 3. The number of halogens is 1. The molecule has 19 heavy (non-hydrogen) atoms. The van der Waals surface area contributed by atoms with Gasteiger partial charge in [0.15, 0.2) is 0 Å². The summed E-state index contributed by atoms with van der Waals surface area (Å²) in [5.41, 5.74) is 1.95. The summed E-state index contributed by atoms with van der Waals surface area (Å²) >= 11 is 0. The molecule has 1 atom stereocenters. The van der Waals surface area contributed by atoms with Crippen LogP contribution in [0.5, 0.6) is 0 Å². The molecule has 0 amide bonds. The van der Waals surface area contributed by atoms with E-state index in [4.69, 9.17) is 0 Å². The smallest absolute Gasteiger partial charge is 0.127 e. The number of hydrogen-bond donors (Lipinski definition) is 1. The zero-order valence-corrected chi connectivity index (χ0v) is 12.1. The second-order valence-corrected chi connectivity index (χ2v) is 5.54. The number of nitrogens with one attached hydrogen (secondary N) is 1. The molecule has 2 rings (SSSR count). The quantitative estimate of drug-likeness (QED) is 0.893. The van der Waals surface area contributed by atoms with Crippen LogP contribution in [0.25, 0.3) is 0 Å². The van der Waals surface area contributed by atoms with Crippen molar-refractivity contribution in [2.45, 2.75) is 26.1 Å². The van der Waals surface area contributed by atoms with Gasteiger partial charge in [0.1, 0.15) is 5.82 Å². The fourth-order valence-corrected chi connectivity index (χ4v) is 2.69. The number of likely N-dealkylation sites (N-methyl/N-ethyl adjacent to an activating group) is 1. The highest BCUT2D eigenvalue weighted by Crippen LogP contribution is 2.17. The van der Waals surface area contributed by atoms with Crippen molar-refractivity contribution < 1.29 is 4.39 Å². The van der Waals surface area contributed by atoms with Crippen molar-refractivity contribution in [3.05, 3.63) is 35.1 Å². The van der Waals surface area contributed by atoms with Crippen LogP contribution in [-0.2, 0) is 13.1 Å². The van der Waals surface area contributed by atoms with Crippen LogP contribution in [0.15, 0.2) is 18.2 Å². The summed E-state index contributed by atoms with van der Waals surface area (Å²) in [7, 11) is 4.05. The molecular weight excluding hydrogens is 241 g/mol. The van der Waals surface area contributed by atoms with Crippen LogP contribution in [0.2, 0.25) is 0 Å². The van der Waals surface area contributed by atoms with Crippen LogP contribution < -0.4 is 5.32 Å². The molecule has 1 unspecified atom stereocenters. The average Bonchev–Trinajstić information content (AvgIpc) is 2.37. The molecule has 0 radical (unpaired) electrons. The molecule has 1 aliphatic rings. The third kappa shape index (κ3) is 3.75. The van der Waals surface area contributed by atoms with Gasteiger partial charge in [-0.25, -0.2) is 4.39 Å². The van der Waals surface area contributed by atoms with E-state index in [1.54, 1.807) is 6.07 Å². The van der Waals surface area contributed by atoms with E-state index < -0.39 is 0 Å². The van der Waals surface area contributed by atoms with E-state index in [1.165, 1.54) is 0 Å². The van der Waals surface area contributed by atoms with Crippen molar-refractivity contribution >= 4 is 0 Å². The SMILES string of the molecule is CNCc1ccc(F)c(CN2CCN(C)CC2C)c1. The summed E-state index contributed by atoms with van der Waals surface area (Å²) in [6, 6.07) is 5.90. The summed E-state index contributed by atoms with van der Waals surface area (Å²) in [5, 5.41) is 3.11. The predicted octanol–water partition coefficient (Wildman–Crippen LogP) is 1.68. The molecule has 106 valence electrons. The second kappa shape index (κ2) is 6.46. The van der Waals surface area contributed by atoms with Crippen LogP contribution in [0, 0.1) is 5.82 Å². The van der Waals surface area contributed by atoms with E-state index in [9.17, 15) is 4.39 Å². The van der Waals surface area contributed by atoms with Crippen molar-refractivity contribution in [3.8, 4) is 0 Å². The number of piperazine rings is 1. The lowest BCUT2D eigenvalue weighted by molar-refractivity contribution is 0.0928. The third-order valence-corrected chi connectivity index (χ3v) is 3.83. The maximum atomic E-state index is 13.9. The topological polar surface area (TPSA) is 18.5 Å². The minimum absolute atomic E-state index is 0.0917. The molecule has 0 aromatic heterocycles. The van der Waals surface area contributed by atoms with Crippen LogP contribution in [-0.4, -0.2) is 49.6 Å². The van der Waals surface area contributed by atoms with E-state index in [1.807, 2.05) is 19.2 Å². The second-order valence-electron chi connectivity index (χ2n) is 5.54.